The van der Waals surface area contributed by atoms with Crippen molar-refractivity contribution < 1.29 is 10.2 Å². The Kier molecular flexibility index (Phi) is 15.4. The summed E-state index contributed by atoms with van der Waals surface area (Å²) in [5.41, 5.74) is 5.07. The van der Waals surface area contributed by atoms with Gasteiger partial charge in [0, 0.05) is 152 Å². The Bertz CT molecular complexity index is 1270. The Morgan fingerprint density at radius 3 is 0.940 bits per heavy atom. The Hall–Kier alpha value is -3.52. The Morgan fingerprint density at radius 2 is 0.680 bits per heavy atom. The third kappa shape index (κ3) is 12.4. The van der Waals surface area contributed by atoms with Gasteiger partial charge in [-0.3, -0.25) is 39.6 Å². The van der Waals surface area contributed by atoms with Crippen LogP contribution in [0.1, 0.15) is 33.4 Å². The van der Waals surface area contributed by atoms with Crippen molar-refractivity contribution in [1.29, 1.82) is 0 Å². The lowest BCUT2D eigenvalue weighted by Crippen LogP contribution is -2.38. The van der Waals surface area contributed by atoms with Crippen molar-refractivity contribution in [2.75, 3.05) is 131 Å². The summed E-state index contributed by atoms with van der Waals surface area (Å²) in [5, 5.41) is 29.3. The molecule has 2 aromatic rings. The van der Waals surface area contributed by atoms with Crippen LogP contribution >= 0.6 is 0 Å². The summed E-state index contributed by atoms with van der Waals surface area (Å²) in [6.45, 7) is 21.7. The maximum absolute atomic E-state index is 11.1. The van der Waals surface area contributed by atoms with Gasteiger partial charge < -0.3 is 20.8 Å². The second kappa shape index (κ2) is 20.4. The smallest absolute Gasteiger partial charge is 0.133 e. The molecule has 3 aliphatic heterocycles. The monoisotopic (exact) mass is 686 g/mol. The van der Waals surface area contributed by atoms with Gasteiger partial charge in [0.05, 0.1) is 26.2 Å². The van der Waals surface area contributed by atoms with Gasteiger partial charge in [-0.05, 0) is 49.2 Å². The standard InChI is InChI=1S/C38H58N10O2/c1-31-23-33-27-41-7-15-45-11-3-39-5-13-47(21-19-45)17-9-43-29-35-25-32(2)26-36(38(35)50)30-44-10-18-48-14-6-40-4-12-46(20-22-48)16-8-42-28-34(24-31)37(33)49/h23-30,39-40,49-50H,3-22H2,1-2H3. The molecular weight excluding hydrogens is 628 g/mol. The van der Waals surface area contributed by atoms with Gasteiger partial charge in [0.25, 0.3) is 0 Å². The Balaban J connectivity index is 1.31. The predicted octanol–water partition coefficient (Wildman–Crippen LogP) is 1.52. The molecule has 12 nitrogen and oxygen atoms in total. The highest BCUT2D eigenvalue weighted by Crippen LogP contribution is 2.23. The number of hydrogen-bond acceptors (Lipinski definition) is 12. The van der Waals surface area contributed by atoms with Crippen molar-refractivity contribution in [2.24, 2.45) is 20.0 Å². The molecule has 3 heterocycles. The summed E-state index contributed by atoms with van der Waals surface area (Å²) in [7, 11) is 0. The number of benzene rings is 2. The second-order valence-corrected chi connectivity index (χ2v) is 13.6. The molecule has 2 aromatic carbocycles. The zero-order valence-electron chi connectivity index (χ0n) is 30.2. The van der Waals surface area contributed by atoms with Crippen molar-refractivity contribution in [3.8, 4) is 11.5 Å². The molecule has 2 fully saturated rings. The molecule has 4 N–H and O–H groups in total. The first-order valence-electron chi connectivity index (χ1n) is 18.4. The van der Waals surface area contributed by atoms with E-state index in [4.69, 9.17) is 20.0 Å². The Morgan fingerprint density at radius 1 is 0.420 bits per heavy atom. The summed E-state index contributed by atoms with van der Waals surface area (Å²) in [6, 6.07) is 7.93. The first-order valence-corrected chi connectivity index (χ1v) is 18.4. The van der Waals surface area contributed by atoms with E-state index in [0.717, 1.165) is 138 Å². The molecule has 0 aromatic heterocycles. The quantitative estimate of drug-likeness (QED) is 0.329. The Labute approximate surface area is 298 Å². The van der Waals surface area contributed by atoms with E-state index >= 15 is 0 Å². The molecule has 4 unspecified atom stereocenters. The topological polar surface area (TPSA) is 127 Å². The number of aliphatic imine (C=N–C) groups is 4. The van der Waals surface area contributed by atoms with Crippen LogP contribution in [0.3, 0.4) is 0 Å². The van der Waals surface area contributed by atoms with Gasteiger partial charge in [0.15, 0.2) is 0 Å². The molecule has 0 spiro atoms. The molecule has 8 bridgehead atoms. The molecule has 3 aliphatic rings. The lowest BCUT2D eigenvalue weighted by Gasteiger charge is -2.25. The van der Waals surface area contributed by atoms with Gasteiger partial charge in [0.1, 0.15) is 11.5 Å². The predicted molar refractivity (Wildman–Crippen MR) is 207 cm³/mol. The van der Waals surface area contributed by atoms with Crippen LogP contribution in [0, 0.1) is 13.8 Å². The van der Waals surface area contributed by atoms with Gasteiger partial charge in [0.2, 0.25) is 0 Å². The maximum atomic E-state index is 11.1. The molecule has 0 aliphatic carbocycles. The number of aryl methyl sites for hydroxylation is 2. The zero-order chi connectivity index (χ0) is 35.0. The third-order valence-electron chi connectivity index (χ3n) is 9.61. The van der Waals surface area contributed by atoms with Crippen LogP contribution in [0.2, 0.25) is 0 Å². The van der Waals surface area contributed by atoms with Gasteiger partial charge in [-0.15, -0.1) is 0 Å². The molecule has 0 amide bonds. The highest BCUT2D eigenvalue weighted by molar-refractivity contribution is 5.93. The number of phenolic OH excluding ortho intramolecular Hbond substituents is 2. The van der Waals surface area contributed by atoms with Gasteiger partial charge >= 0.3 is 0 Å². The number of rotatable bonds is 0. The average molecular weight is 687 g/mol. The summed E-state index contributed by atoms with van der Waals surface area (Å²) in [5.74, 6) is 0.465. The SMILES string of the molecule is Cc1cc2c(O)c(c1)C=NCCN1CCNCCN(CCN=Cc3cc(C)cc(c3O)C=NCCN3CCNCCN(CCN=C2)CC3)CC1. The number of nitrogens with zero attached hydrogens (tertiary/aromatic N) is 8. The molecule has 12 heteroatoms. The van der Waals surface area contributed by atoms with Crippen LogP contribution in [-0.2, 0) is 0 Å². The van der Waals surface area contributed by atoms with Crippen molar-refractivity contribution in [2.45, 2.75) is 13.8 Å². The molecule has 0 radical (unpaired) electrons. The molecule has 4 atom stereocenters. The van der Waals surface area contributed by atoms with E-state index in [-0.39, 0.29) is 11.5 Å². The first kappa shape index (κ1) is 37.7. The van der Waals surface area contributed by atoms with Crippen molar-refractivity contribution in [3.63, 3.8) is 0 Å². The van der Waals surface area contributed by atoms with Crippen LogP contribution in [0.15, 0.2) is 44.2 Å². The van der Waals surface area contributed by atoms with Crippen LogP contribution in [0.4, 0.5) is 0 Å². The third-order valence-corrected chi connectivity index (χ3v) is 9.61. The molecule has 0 saturated carbocycles. The van der Waals surface area contributed by atoms with Gasteiger partial charge in [-0.25, -0.2) is 0 Å². The number of aromatic hydroxyl groups is 2. The average Bonchev–Trinajstić information content (AvgIpc) is 3.29. The van der Waals surface area contributed by atoms with E-state index in [2.05, 4.69) is 30.2 Å². The summed E-state index contributed by atoms with van der Waals surface area (Å²) >= 11 is 0. The first-order chi connectivity index (χ1) is 24.4. The van der Waals surface area contributed by atoms with Crippen LogP contribution < -0.4 is 10.6 Å². The number of fused-ring (bicyclic) bond motifs is 10. The summed E-state index contributed by atoms with van der Waals surface area (Å²) < 4.78 is 0. The zero-order valence-corrected chi connectivity index (χ0v) is 30.2. The van der Waals surface area contributed by atoms with Crippen molar-refractivity contribution >= 4 is 24.9 Å². The van der Waals surface area contributed by atoms with E-state index < -0.39 is 0 Å². The van der Waals surface area contributed by atoms with Crippen molar-refractivity contribution in [1.82, 2.24) is 30.2 Å². The van der Waals surface area contributed by atoms with Crippen LogP contribution in [-0.4, -0.2) is 186 Å². The fourth-order valence-electron chi connectivity index (χ4n) is 6.62. The lowest BCUT2D eigenvalue weighted by molar-refractivity contribution is 0.226. The molecule has 5 rings (SSSR count). The van der Waals surface area contributed by atoms with Gasteiger partial charge in [-0.1, -0.05) is 0 Å². The normalized spacial score (nSPS) is 25.5. The fraction of sp³-hybridized carbons (Fsp3) is 0.579. The summed E-state index contributed by atoms with van der Waals surface area (Å²) in [6.07, 6.45) is 7.22. The minimum absolute atomic E-state index is 0.232. The van der Waals surface area contributed by atoms with E-state index in [0.29, 0.717) is 26.2 Å². The number of nitrogens with one attached hydrogen (secondary N) is 2. The molecule has 2 saturated heterocycles. The molecular formula is C38H58N10O2. The van der Waals surface area contributed by atoms with E-state index in [1.807, 2.05) is 38.1 Å². The van der Waals surface area contributed by atoms with E-state index in [1.165, 1.54) is 0 Å². The fourth-order valence-corrected chi connectivity index (χ4v) is 6.62. The molecule has 272 valence electrons. The van der Waals surface area contributed by atoms with Crippen molar-refractivity contribution in [3.05, 3.63) is 57.6 Å². The second-order valence-electron chi connectivity index (χ2n) is 13.6. The maximum Gasteiger partial charge on any atom is 0.133 e. The summed E-state index contributed by atoms with van der Waals surface area (Å²) in [4.78, 5) is 28.7. The highest BCUT2D eigenvalue weighted by Gasteiger charge is 2.14. The van der Waals surface area contributed by atoms with Gasteiger partial charge in [-0.2, -0.15) is 0 Å². The highest BCUT2D eigenvalue weighted by atomic mass is 16.3. The van der Waals surface area contributed by atoms with E-state index in [1.54, 1.807) is 24.9 Å². The lowest BCUT2D eigenvalue weighted by atomic mass is 10.1. The minimum atomic E-state index is 0.232. The van der Waals surface area contributed by atoms with Crippen LogP contribution in [0.5, 0.6) is 11.5 Å². The van der Waals surface area contributed by atoms with Crippen LogP contribution in [0.25, 0.3) is 0 Å². The molecule has 50 heavy (non-hydrogen) atoms. The minimum Gasteiger partial charge on any atom is -0.507 e. The number of phenols is 2. The number of hydrogen-bond donors (Lipinski definition) is 4. The van der Waals surface area contributed by atoms with E-state index in [9.17, 15) is 10.2 Å². The largest absolute Gasteiger partial charge is 0.507 e.